The zero-order valence-corrected chi connectivity index (χ0v) is 15.8. The fourth-order valence-electron chi connectivity index (χ4n) is 2.80. The van der Waals surface area contributed by atoms with Gasteiger partial charge in [-0.05, 0) is 47.9 Å². The number of rotatable bonds is 9. The molecule has 1 heterocycles. The lowest BCUT2D eigenvalue weighted by Gasteiger charge is -2.17. The van der Waals surface area contributed by atoms with Crippen molar-refractivity contribution in [3.8, 4) is 11.5 Å². The normalized spacial score (nSPS) is 12.7. The maximum atomic E-state index is 12.0. The van der Waals surface area contributed by atoms with E-state index in [0.29, 0.717) is 38.3 Å². The molecule has 0 unspecified atom stereocenters. The first kappa shape index (κ1) is 19.7. The van der Waals surface area contributed by atoms with E-state index in [0.717, 1.165) is 22.6 Å². The van der Waals surface area contributed by atoms with Gasteiger partial charge in [-0.2, -0.15) is 0 Å². The summed E-state index contributed by atoms with van der Waals surface area (Å²) in [4.78, 5) is 23.4. The molecule has 2 aromatic rings. The predicted octanol–water partition coefficient (Wildman–Crippen LogP) is 2.29. The van der Waals surface area contributed by atoms with Crippen LogP contribution in [0.4, 0.5) is 5.69 Å². The molecule has 2 amide bonds. The number of aryl methyl sites for hydroxylation is 1. The van der Waals surface area contributed by atoms with E-state index >= 15 is 0 Å². The van der Waals surface area contributed by atoms with E-state index in [4.69, 9.17) is 14.2 Å². The smallest absolute Gasteiger partial charge is 0.258 e. The Morgan fingerprint density at radius 3 is 2.61 bits per heavy atom. The predicted molar refractivity (Wildman–Crippen MR) is 105 cm³/mol. The lowest BCUT2D eigenvalue weighted by Crippen LogP contribution is -2.28. The minimum absolute atomic E-state index is 0.0233. The van der Waals surface area contributed by atoms with Crippen molar-refractivity contribution in [2.45, 2.75) is 19.4 Å². The summed E-state index contributed by atoms with van der Waals surface area (Å²) in [7, 11) is 1.63. The van der Waals surface area contributed by atoms with E-state index in [2.05, 4.69) is 10.6 Å². The van der Waals surface area contributed by atoms with Gasteiger partial charge in [-0.3, -0.25) is 9.59 Å². The molecule has 1 aliphatic rings. The van der Waals surface area contributed by atoms with Crippen molar-refractivity contribution in [1.29, 1.82) is 0 Å². The molecule has 1 aliphatic heterocycles. The molecule has 0 saturated heterocycles. The third-order valence-corrected chi connectivity index (χ3v) is 4.31. The third kappa shape index (κ3) is 5.72. The van der Waals surface area contributed by atoms with Crippen LogP contribution >= 0.6 is 0 Å². The highest BCUT2D eigenvalue weighted by atomic mass is 16.5. The maximum Gasteiger partial charge on any atom is 0.258 e. The van der Waals surface area contributed by atoms with Gasteiger partial charge in [-0.25, -0.2) is 0 Å². The minimum Gasteiger partial charge on any atom is -0.491 e. The first-order valence-electron chi connectivity index (χ1n) is 9.17. The number of amides is 2. The van der Waals surface area contributed by atoms with Crippen molar-refractivity contribution in [2.75, 3.05) is 32.2 Å². The van der Waals surface area contributed by atoms with Crippen LogP contribution in [0.25, 0.3) is 0 Å². The van der Waals surface area contributed by atoms with Crippen LogP contribution in [0.3, 0.4) is 0 Å². The van der Waals surface area contributed by atoms with E-state index in [1.54, 1.807) is 19.2 Å². The number of nitrogens with one attached hydrogen (secondary N) is 2. The average Bonchev–Trinajstić information content (AvgIpc) is 2.71. The largest absolute Gasteiger partial charge is 0.491 e. The number of ether oxygens (including phenoxy) is 3. The first-order valence-corrected chi connectivity index (χ1v) is 9.17. The lowest BCUT2D eigenvalue weighted by atomic mass is 10.0. The summed E-state index contributed by atoms with van der Waals surface area (Å²) in [6.45, 7) is 1.38. The fraction of sp³-hybridized carbons (Fsp3) is 0.333. The molecule has 0 fully saturated rings. The van der Waals surface area contributed by atoms with Gasteiger partial charge in [-0.1, -0.05) is 12.1 Å². The molecule has 2 N–H and O–H groups in total. The molecule has 0 atom stereocenters. The van der Waals surface area contributed by atoms with Crippen molar-refractivity contribution in [3.63, 3.8) is 0 Å². The molecule has 7 nitrogen and oxygen atoms in total. The number of fused-ring (bicyclic) bond motifs is 1. The highest BCUT2D eigenvalue weighted by Gasteiger charge is 2.15. The van der Waals surface area contributed by atoms with E-state index < -0.39 is 0 Å². The number of carbonyl (C=O) groups excluding carboxylic acids is 2. The van der Waals surface area contributed by atoms with Gasteiger partial charge in [0.15, 0.2) is 6.61 Å². The van der Waals surface area contributed by atoms with Gasteiger partial charge in [-0.15, -0.1) is 0 Å². The molecule has 0 radical (unpaired) electrons. The summed E-state index contributed by atoms with van der Waals surface area (Å²) < 4.78 is 16.0. The topological polar surface area (TPSA) is 85.9 Å². The molecule has 2 aromatic carbocycles. The Morgan fingerprint density at radius 1 is 1.04 bits per heavy atom. The summed E-state index contributed by atoms with van der Waals surface area (Å²) in [5, 5.41) is 5.65. The zero-order valence-electron chi connectivity index (χ0n) is 15.8. The van der Waals surface area contributed by atoms with E-state index in [1.807, 2.05) is 30.3 Å². The first-order chi connectivity index (χ1) is 13.6. The van der Waals surface area contributed by atoms with Gasteiger partial charge < -0.3 is 24.8 Å². The highest BCUT2D eigenvalue weighted by molar-refractivity contribution is 5.94. The summed E-state index contributed by atoms with van der Waals surface area (Å²) >= 11 is 0. The van der Waals surface area contributed by atoms with E-state index in [9.17, 15) is 9.59 Å². The van der Waals surface area contributed by atoms with Crippen LogP contribution in [-0.2, 0) is 27.3 Å². The summed E-state index contributed by atoms with van der Waals surface area (Å²) in [5.74, 6) is 1.20. The van der Waals surface area contributed by atoms with E-state index in [1.165, 1.54) is 0 Å². The average molecular weight is 384 g/mol. The molecule has 28 heavy (non-hydrogen) atoms. The number of benzene rings is 2. The second-order valence-electron chi connectivity index (χ2n) is 6.42. The maximum absolute atomic E-state index is 12.0. The van der Waals surface area contributed by atoms with Crippen LogP contribution in [-0.4, -0.2) is 38.7 Å². The Hall–Kier alpha value is -3.06. The van der Waals surface area contributed by atoms with Gasteiger partial charge in [0.25, 0.3) is 5.91 Å². The minimum atomic E-state index is -0.202. The van der Waals surface area contributed by atoms with Crippen LogP contribution in [0.1, 0.15) is 17.5 Å². The Balaban J connectivity index is 1.41. The van der Waals surface area contributed by atoms with Crippen LogP contribution in [0.15, 0.2) is 42.5 Å². The summed E-state index contributed by atoms with van der Waals surface area (Å²) in [6, 6.07) is 12.9. The molecule has 0 aromatic heterocycles. The molecule has 0 aliphatic carbocycles. The number of hydrogen-bond acceptors (Lipinski definition) is 5. The number of methoxy groups -OCH3 is 1. The second kappa shape index (κ2) is 9.75. The van der Waals surface area contributed by atoms with Gasteiger partial charge in [0, 0.05) is 25.8 Å². The van der Waals surface area contributed by atoms with Gasteiger partial charge in [0.05, 0.1) is 6.61 Å². The molecule has 0 spiro atoms. The van der Waals surface area contributed by atoms with Crippen LogP contribution in [0.2, 0.25) is 0 Å². The SMILES string of the molecule is COCCOc1ccc(CNC(=O)COc2ccc3c(c2)CCC(=O)N3)cc1. The molecule has 148 valence electrons. The van der Waals surface area contributed by atoms with Crippen molar-refractivity contribution in [2.24, 2.45) is 0 Å². The van der Waals surface area contributed by atoms with Crippen LogP contribution < -0.4 is 20.1 Å². The second-order valence-corrected chi connectivity index (χ2v) is 6.42. The van der Waals surface area contributed by atoms with Crippen molar-refractivity contribution >= 4 is 17.5 Å². The standard InChI is InChI=1S/C21H24N2O5/c1-26-10-11-27-17-5-2-15(3-6-17)13-22-21(25)14-28-18-7-8-19-16(12-18)4-9-20(24)23-19/h2-3,5-8,12H,4,9-11,13-14H2,1H3,(H,22,25)(H,23,24). The molecule has 0 bridgehead atoms. The number of anilines is 1. The van der Waals surface area contributed by atoms with Crippen LogP contribution in [0, 0.1) is 0 Å². The Bertz CT molecular complexity index is 820. The number of hydrogen-bond donors (Lipinski definition) is 2. The monoisotopic (exact) mass is 384 g/mol. The summed E-state index contributed by atoms with van der Waals surface area (Å²) in [5.41, 5.74) is 2.80. The van der Waals surface area contributed by atoms with Crippen molar-refractivity contribution in [1.82, 2.24) is 5.32 Å². The lowest BCUT2D eigenvalue weighted by molar-refractivity contribution is -0.123. The quantitative estimate of drug-likeness (QED) is 0.648. The van der Waals surface area contributed by atoms with E-state index in [-0.39, 0.29) is 18.4 Å². The molecule has 0 saturated carbocycles. The zero-order chi connectivity index (χ0) is 19.8. The summed E-state index contributed by atoms with van der Waals surface area (Å²) in [6.07, 6.45) is 1.14. The Labute approximate surface area is 164 Å². The van der Waals surface area contributed by atoms with Gasteiger partial charge >= 0.3 is 0 Å². The fourth-order valence-corrected chi connectivity index (χ4v) is 2.80. The highest BCUT2D eigenvalue weighted by Crippen LogP contribution is 2.26. The molecule has 7 heteroatoms. The molecular weight excluding hydrogens is 360 g/mol. The van der Waals surface area contributed by atoms with Crippen molar-refractivity contribution < 1.29 is 23.8 Å². The van der Waals surface area contributed by atoms with Gasteiger partial charge in [0.2, 0.25) is 5.91 Å². The Kier molecular flexibility index (Phi) is 6.86. The van der Waals surface area contributed by atoms with Crippen molar-refractivity contribution in [3.05, 3.63) is 53.6 Å². The molecular formula is C21H24N2O5. The third-order valence-electron chi connectivity index (χ3n) is 4.31. The van der Waals surface area contributed by atoms with Gasteiger partial charge in [0.1, 0.15) is 18.1 Å². The van der Waals surface area contributed by atoms with Crippen LogP contribution in [0.5, 0.6) is 11.5 Å². The number of carbonyl (C=O) groups is 2. The molecule has 3 rings (SSSR count). The Morgan fingerprint density at radius 2 is 1.82 bits per heavy atom.